The SMILES string of the molecule is CC(=O)c1cc(C)ccc1OCC(=O)NCC(F)(F)F. The number of amides is 1. The average molecular weight is 289 g/mol. The van der Waals surface area contributed by atoms with Crippen LogP contribution in [0.5, 0.6) is 5.75 Å². The molecule has 1 amide bonds. The van der Waals surface area contributed by atoms with Gasteiger partial charge in [-0.05, 0) is 26.0 Å². The van der Waals surface area contributed by atoms with E-state index >= 15 is 0 Å². The molecule has 1 aromatic carbocycles. The van der Waals surface area contributed by atoms with Crippen LogP contribution in [0, 0.1) is 6.92 Å². The number of hydrogen-bond acceptors (Lipinski definition) is 3. The molecule has 0 aliphatic heterocycles. The Labute approximate surface area is 113 Å². The number of aryl methyl sites for hydroxylation is 1. The van der Waals surface area contributed by atoms with E-state index in [9.17, 15) is 22.8 Å². The average Bonchev–Trinajstić information content (AvgIpc) is 2.33. The summed E-state index contributed by atoms with van der Waals surface area (Å²) in [4.78, 5) is 22.6. The summed E-state index contributed by atoms with van der Waals surface area (Å²) in [6.07, 6.45) is -4.47. The van der Waals surface area contributed by atoms with Crippen molar-refractivity contribution in [3.63, 3.8) is 0 Å². The second-order valence-electron chi connectivity index (χ2n) is 4.24. The third-order valence-corrected chi connectivity index (χ3v) is 2.36. The topological polar surface area (TPSA) is 55.4 Å². The summed E-state index contributed by atoms with van der Waals surface area (Å²) in [6, 6.07) is 4.77. The molecule has 0 aliphatic carbocycles. The number of rotatable bonds is 5. The monoisotopic (exact) mass is 289 g/mol. The van der Waals surface area contributed by atoms with Gasteiger partial charge in [0.05, 0.1) is 5.56 Å². The summed E-state index contributed by atoms with van der Waals surface area (Å²) < 4.78 is 40.8. The van der Waals surface area contributed by atoms with Gasteiger partial charge in [0, 0.05) is 0 Å². The predicted octanol–water partition coefficient (Wildman–Crippen LogP) is 2.25. The number of alkyl halides is 3. The van der Waals surface area contributed by atoms with Crippen LogP contribution in [0.25, 0.3) is 0 Å². The maximum Gasteiger partial charge on any atom is 0.405 e. The van der Waals surface area contributed by atoms with Crippen molar-refractivity contribution < 1.29 is 27.5 Å². The van der Waals surface area contributed by atoms with Gasteiger partial charge in [0.2, 0.25) is 0 Å². The first-order valence-electron chi connectivity index (χ1n) is 5.77. The summed E-state index contributed by atoms with van der Waals surface area (Å²) in [7, 11) is 0. The fraction of sp³-hybridized carbons (Fsp3) is 0.385. The zero-order chi connectivity index (χ0) is 15.3. The van der Waals surface area contributed by atoms with Crippen molar-refractivity contribution in [2.24, 2.45) is 0 Å². The number of ether oxygens (including phenoxy) is 1. The van der Waals surface area contributed by atoms with Crippen molar-refractivity contribution in [2.45, 2.75) is 20.0 Å². The van der Waals surface area contributed by atoms with E-state index in [1.54, 1.807) is 24.4 Å². The normalized spacial score (nSPS) is 11.1. The van der Waals surface area contributed by atoms with Crippen LogP contribution in [-0.4, -0.2) is 31.0 Å². The van der Waals surface area contributed by atoms with Gasteiger partial charge in [-0.15, -0.1) is 0 Å². The summed E-state index contributed by atoms with van der Waals surface area (Å²) in [5, 5.41) is 1.68. The van der Waals surface area contributed by atoms with Crippen LogP contribution in [0.4, 0.5) is 13.2 Å². The molecule has 0 bridgehead atoms. The smallest absolute Gasteiger partial charge is 0.405 e. The quantitative estimate of drug-likeness (QED) is 0.846. The lowest BCUT2D eigenvalue weighted by Gasteiger charge is -2.11. The van der Waals surface area contributed by atoms with Crippen LogP contribution in [0.1, 0.15) is 22.8 Å². The number of halogens is 3. The molecule has 1 rings (SSSR count). The standard InChI is InChI=1S/C13H14F3NO3/c1-8-3-4-11(10(5-8)9(2)18)20-6-12(19)17-7-13(14,15)16/h3-5H,6-7H2,1-2H3,(H,17,19). The fourth-order valence-corrected chi connectivity index (χ4v) is 1.44. The molecule has 0 aromatic heterocycles. The van der Waals surface area contributed by atoms with Crippen molar-refractivity contribution in [2.75, 3.05) is 13.2 Å². The second-order valence-corrected chi connectivity index (χ2v) is 4.24. The summed E-state index contributed by atoms with van der Waals surface area (Å²) in [5.41, 5.74) is 1.12. The Morgan fingerprint density at radius 3 is 2.50 bits per heavy atom. The van der Waals surface area contributed by atoms with E-state index in [1.807, 2.05) is 0 Å². The number of Topliss-reactive ketones (excluding diaryl/α,β-unsaturated/α-hetero) is 1. The van der Waals surface area contributed by atoms with Gasteiger partial charge in [-0.25, -0.2) is 0 Å². The van der Waals surface area contributed by atoms with Crippen molar-refractivity contribution in [1.29, 1.82) is 0 Å². The molecule has 0 heterocycles. The molecule has 0 radical (unpaired) electrons. The first-order chi connectivity index (χ1) is 9.19. The van der Waals surface area contributed by atoms with E-state index in [0.717, 1.165) is 5.56 Å². The lowest BCUT2D eigenvalue weighted by atomic mass is 10.1. The first-order valence-corrected chi connectivity index (χ1v) is 5.77. The number of carbonyl (C=O) groups is 2. The highest BCUT2D eigenvalue weighted by Gasteiger charge is 2.27. The highest BCUT2D eigenvalue weighted by molar-refractivity contribution is 5.97. The number of ketones is 1. The van der Waals surface area contributed by atoms with Gasteiger partial charge in [0.15, 0.2) is 12.4 Å². The van der Waals surface area contributed by atoms with Crippen molar-refractivity contribution >= 4 is 11.7 Å². The molecule has 0 atom stereocenters. The van der Waals surface area contributed by atoms with Gasteiger partial charge in [-0.3, -0.25) is 9.59 Å². The molecule has 1 aromatic rings. The number of nitrogens with one attached hydrogen (secondary N) is 1. The number of benzene rings is 1. The highest BCUT2D eigenvalue weighted by Crippen LogP contribution is 2.20. The maximum absolute atomic E-state index is 11.9. The lowest BCUT2D eigenvalue weighted by molar-refractivity contribution is -0.139. The number of hydrogen-bond donors (Lipinski definition) is 1. The van der Waals surface area contributed by atoms with Crippen LogP contribution < -0.4 is 10.1 Å². The molecule has 1 N–H and O–H groups in total. The summed E-state index contributed by atoms with van der Waals surface area (Å²) >= 11 is 0. The summed E-state index contributed by atoms with van der Waals surface area (Å²) in [6.45, 7) is 1.12. The fourth-order valence-electron chi connectivity index (χ4n) is 1.44. The van der Waals surface area contributed by atoms with Gasteiger partial charge in [0.1, 0.15) is 12.3 Å². The Morgan fingerprint density at radius 1 is 1.30 bits per heavy atom. The Balaban J connectivity index is 2.62. The van der Waals surface area contributed by atoms with E-state index in [2.05, 4.69) is 0 Å². The van der Waals surface area contributed by atoms with Crippen LogP contribution in [0.15, 0.2) is 18.2 Å². The molecule has 0 saturated carbocycles. The molecular weight excluding hydrogens is 275 g/mol. The highest BCUT2D eigenvalue weighted by atomic mass is 19.4. The molecule has 7 heteroatoms. The van der Waals surface area contributed by atoms with Crippen molar-refractivity contribution in [3.8, 4) is 5.75 Å². The van der Waals surface area contributed by atoms with Gasteiger partial charge >= 0.3 is 6.18 Å². The van der Waals surface area contributed by atoms with Crippen LogP contribution >= 0.6 is 0 Å². The Kier molecular flexibility index (Phi) is 5.12. The van der Waals surface area contributed by atoms with Gasteiger partial charge in [-0.1, -0.05) is 11.6 Å². The van der Waals surface area contributed by atoms with E-state index in [0.29, 0.717) is 0 Å². The third kappa shape index (κ3) is 5.29. The van der Waals surface area contributed by atoms with E-state index in [4.69, 9.17) is 4.74 Å². The molecule has 110 valence electrons. The largest absolute Gasteiger partial charge is 0.483 e. The third-order valence-electron chi connectivity index (χ3n) is 2.36. The molecule has 0 unspecified atom stereocenters. The minimum Gasteiger partial charge on any atom is -0.483 e. The van der Waals surface area contributed by atoms with Gasteiger partial charge < -0.3 is 10.1 Å². The Hall–Kier alpha value is -2.05. The minimum atomic E-state index is -4.47. The van der Waals surface area contributed by atoms with Crippen molar-refractivity contribution in [1.82, 2.24) is 5.32 Å². The minimum absolute atomic E-state index is 0.172. The van der Waals surface area contributed by atoms with E-state index in [1.165, 1.54) is 13.0 Å². The first kappa shape index (κ1) is 16.0. The second kappa shape index (κ2) is 6.40. The van der Waals surface area contributed by atoms with E-state index in [-0.39, 0.29) is 17.1 Å². The maximum atomic E-state index is 11.9. The molecule has 0 aliphatic rings. The molecule has 20 heavy (non-hydrogen) atoms. The van der Waals surface area contributed by atoms with Crippen molar-refractivity contribution in [3.05, 3.63) is 29.3 Å². The Morgan fingerprint density at radius 2 is 1.95 bits per heavy atom. The zero-order valence-corrected chi connectivity index (χ0v) is 11.0. The molecule has 0 fully saturated rings. The van der Waals surface area contributed by atoms with E-state index < -0.39 is 25.2 Å². The number of carbonyl (C=O) groups excluding carboxylic acids is 2. The molecule has 4 nitrogen and oxygen atoms in total. The van der Waals surface area contributed by atoms with Crippen LogP contribution in [0.2, 0.25) is 0 Å². The lowest BCUT2D eigenvalue weighted by Crippen LogP contribution is -2.36. The van der Waals surface area contributed by atoms with Gasteiger partial charge in [0.25, 0.3) is 5.91 Å². The predicted molar refractivity (Wildman–Crippen MR) is 65.7 cm³/mol. The molecule has 0 saturated heterocycles. The molecule has 0 spiro atoms. The van der Waals surface area contributed by atoms with Crippen LogP contribution in [0.3, 0.4) is 0 Å². The Bertz CT molecular complexity index is 512. The molecular formula is C13H14F3NO3. The van der Waals surface area contributed by atoms with Gasteiger partial charge in [-0.2, -0.15) is 13.2 Å². The zero-order valence-electron chi connectivity index (χ0n) is 11.0. The van der Waals surface area contributed by atoms with Crippen LogP contribution in [-0.2, 0) is 4.79 Å². The summed E-state index contributed by atoms with van der Waals surface area (Å²) in [5.74, 6) is -0.984.